The minimum absolute atomic E-state index is 0.0217. The zero-order valence-electron chi connectivity index (χ0n) is 19.5. The van der Waals surface area contributed by atoms with E-state index < -0.39 is 23.7 Å². The molecule has 178 valence electrons. The summed E-state index contributed by atoms with van der Waals surface area (Å²) >= 11 is 0. The standard InChI is InChI=1S/C21H39F3N2O4/c1-14(2)17(19(4,5)6)26-16(27)13-29-11-9-10-12-30-20(7,8)15(3)25-18(28)21(22,23)24/h14-15,17H,9-13H2,1-8H3,(H,25,28)(H,26,27)/t15-,17-/m1/s1. The lowest BCUT2D eigenvalue weighted by Crippen LogP contribution is -2.52. The summed E-state index contributed by atoms with van der Waals surface area (Å²) in [6.45, 7) is 15.7. The molecule has 0 aliphatic carbocycles. The molecular weight excluding hydrogens is 401 g/mol. The van der Waals surface area contributed by atoms with E-state index in [1.807, 2.05) is 5.32 Å². The molecule has 0 aliphatic rings. The second-order valence-corrected chi connectivity index (χ2v) is 9.56. The van der Waals surface area contributed by atoms with Gasteiger partial charge in [-0.1, -0.05) is 34.6 Å². The van der Waals surface area contributed by atoms with Crippen molar-refractivity contribution >= 4 is 11.8 Å². The highest BCUT2D eigenvalue weighted by molar-refractivity contribution is 5.82. The highest BCUT2D eigenvalue weighted by Gasteiger charge is 2.41. The number of halogens is 3. The smallest absolute Gasteiger partial charge is 0.373 e. The summed E-state index contributed by atoms with van der Waals surface area (Å²) in [5.74, 6) is -1.84. The number of hydrogen-bond acceptors (Lipinski definition) is 4. The van der Waals surface area contributed by atoms with E-state index in [9.17, 15) is 22.8 Å². The van der Waals surface area contributed by atoms with E-state index in [-0.39, 0.29) is 24.0 Å². The molecule has 0 saturated carbocycles. The summed E-state index contributed by atoms with van der Waals surface area (Å²) in [5, 5.41) is 4.92. The van der Waals surface area contributed by atoms with E-state index in [1.54, 1.807) is 13.8 Å². The zero-order chi connectivity index (χ0) is 23.8. The van der Waals surface area contributed by atoms with Gasteiger partial charge < -0.3 is 20.1 Å². The Morgan fingerprint density at radius 3 is 1.90 bits per heavy atom. The average molecular weight is 441 g/mol. The lowest BCUT2D eigenvalue weighted by atomic mass is 9.80. The number of unbranched alkanes of at least 4 members (excludes halogenated alkanes) is 1. The molecule has 0 aromatic carbocycles. The summed E-state index contributed by atoms with van der Waals surface area (Å²) < 4.78 is 48.1. The van der Waals surface area contributed by atoms with Crippen LogP contribution in [-0.4, -0.2) is 55.5 Å². The third-order valence-electron chi connectivity index (χ3n) is 4.95. The molecule has 0 radical (unpaired) electrons. The molecule has 0 aromatic heterocycles. The van der Waals surface area contributed by atoms with Gasteiger partial charge in [0.05, 0.1) is 11.6 Å². The van der Waals surface area contributed by atoms with Crippen molar-refractivity contribution in [1.29, 1.82) is 0 Å². The van der Waals surface area contributed by atoms with Crippen molar-refractivity contribution in [2.75, 3.05) is 19.8 Å². The van der Waals surface area contributed by atoms with Crippen molar-refractivity contribution in [1.82, 2.24) is 10.6 Å². The summed E-state index contributed by atoms with van der Waals surface area (Å²) in [6, 6.07) is -0.771. The van der Waals surface area contributed by atoms with Crippen LogP contribution in [0.5, 0.6) is 0 Å². The Morgan fingerprint density at radius 1 is 0.900 bits per heavy atom. The summed E-state index contributed by atoms with van der Waals surface area (Å²) in [7, 11) is 0. The normalized spacial score (nSPS) is 15.1. The Hall–Kier alpha value is -1.35. The van der Waals surface area contributed by atoms with E-state index in [0.29, 0.717) is 32.0 Å². The molecule has 30 heavy (non-hydrogen) atoms. The van der Waals surface area contributed by atoms with Crippen LogP contribution in [0.3, 0.4) is 0 Å². The fourth-order valence-corrected chi connectivity index (χ4v) is 2.98. The van der Waals surface area contributed by atoms with Crippen molar-refractivity contribution in [3.63, 3.8) is 0 Å². The van der Waals surface area contributed by atoms with Gasteiger partial charge in [0.2, 0.25) is 5.91 Å². The van der Waals surface area contributed by atoms with E-state index in [0.717, 1.165) is 0 Å². The van der Waals surface area contributed by atoms with Gasteiger partial charge in [-0.15, -0.1) is 0 Å². The lowest BCUT2D eigenvalue weighted by Gasteiger charge is -2.34. The first-order chi connectivity index (χ1) is 13.5. The van der Waals surface area contributed by atoms with E-state index in [4.69, 9.17) is 9.47 Å². The number of amides is 2. The highest BCUT2D eigenvalue weighted by Crippen LogP contribution is 2.25. The molecule has 2 N–H and O–H groups in total. The number of alkyl halides is 3. The van der Waals surface area contributed by atoms with Gasteiger partial charge in [0, 0.05) is 19.3 Å². The molecule has 9 heteroatoms. The van der Waals surface area contributed by atoms with Crippen LogP contribution in [0, 0.1) is 11.3 Å². The van der Waals surface area contributed by atoms with Gasteiger partial charge in [0.1, 0.15) is 6.61 Å². The van der Waals surface area contributed by atoms with Crippen LogP contribution in [0.15, 0.2) is 0 Å². The predicted molar refractivity (Wildman–Crippen MR) is 110 cm³/mol. The van der Waals surface area contributed by atoms with Gasteiger partial charge in [-0.25, -0.2) is 0 Å². The van der Waals surface area contributed by atoms with Crippen LogP contribution in [0.25, 0.3) is 0 Å². The third kappa shape index (κ3) is 11.2. The first-order valence-corrected chi connectivity index (χ1v) is 10.4. The summed E-state index contributed by atoms with van der Waals surface area (Å²) in [4.78, 5) is 23.1. The van der Waals surface area contributed by atoms with Crippen LogP contribution in [-0.2, 0) is 19.1 Å². The number of ether oxygens (including phenoxy) is 2. The topological polar surface area (TPSA) is 76.7 Å². The van der Waals surface area contributed by atoms with E-state index >= 15 is 0 Å². The molecule has 0 unspecified atom stereocenters. The molecule has 0 saturated heterocycles. The molecule has 2 amide bonds. The largest absolute Gasteiger partial charge is 0.471 e. The van der Waals surface area contributed by atoms with Crippen LogP contribution >= 0.6 is 0 Å². The molecular formula is C21H39F3N2O4. The Morgan fingerprint density at radius 2 is 1.43 bits per heavy atom. The summed E-state index contributed by atoms with van der Waals surface area (Å²) in [6.07, 6.45) is -3.67. The maximum atomic E-state index is 12.4. The fraction of sp³-hybridized carbons (Fsp3) is 0.905. The number of rotatable bonds is 12. The molecule has 0 bridgehead atoms. The quantitative estimate of drug-likeness (QED) is 0.452. The average Bonchev–Trinajstić information content (AvgIpc) is 2.56. The van der Waals surface area contributed by atoms with E-state index in [2.05, 4.69) is 39.9 Å². The monoisotopic (exact) mass is 440 g/mol. The van der Waals surface area contributed by atoms with Gasteiger partial charge in [0.15, 0.2) is 0 Å². The molecule has 0 heterocycles. The Kier molecular flexibility index (Phi) is 11.3. The van der Waals surface area contributed by atoms with Crippen molar-refractivity contribution in [2.45, 2.75) is 92.1 Å². The van der Waals surface area contributed by atoms with Gasteiger partial charge in [-0.05, 0) is 44.9 Å². The number of hydrogen-bond donors (Lipinski definition) is 2. The molecule has 0 aromatic rings. The maximum absolute atomic E-state index is 12.4. The highest BCUT2D eigenvalue weighted by atomic mass is 19.4. The van der Waals surface area contributed by atoms with Gasteiger partial charge in [0.25, 0.3) is 0 Å². The third-order valence-corrected chi connectivity index (χ3v) is 4.95. The Labute approximate surface area is 178 Å². The lowest BCUT2D eigenvalue weighted by molar-refractivity contribution is -0.176. The second kappa shape index (κ2) is 11.9. The fourth-order valence-electron chi connectivity index (χ4n) is 2.98. The van der Waals surface area contributed by atoms with E-state index in [1.165, 1.54) is 6.92 Å². The molecule has 0 fully saturated rings. The van der Waals surface area contributed by atoms with Crippen LogP contribution in [0.1, 0.15) is 68.2 Å². The summed E-state index contributed by atoms with van der Waals surface area (Å²) in [5.41, 5.74) is -1.01. The molecule has 0 spiro atoms. The minimum atomic E-state index is -4.92. The van der Waals surface area contributed by atoms with Crippen LogP contribution < -0.4 is 10.6 Å². The molecule has 0 rings (SSSR count). The van der Waals surface area contributed by atoms with Crippen molar-refractivity contribution in [3.8, 4) is 0 Å². The first kappa shape index (κ1) is 28.6. The van der Waals surface area contributed by atoms with Gasteiger partial charge in [-0.3, -0.25) is 9.59 Å². The van der Waals surface area contributed by atoms with Gasteiger partial charge >= 0.3 is 12.1 Å². The van der Waals surface area contributed by atoms with Crippen molar-refractivity contribution in [3.05, 3.63) is 0 Å². The minimum Gasteiger partial charge on any atom is -0.373 e. The van der Waals surface area contributed by atoms with Crippen LogP contribution in [0.4, 0.5) is 13.2 Å². The molecule has 6 nitrogen and oxygen atoms in total. The predicted octanol–water partition coefficient (Wildman–Crippen LogP) is 3.83. The Balaban J connectivity index is 4.11. The second-order valence-electron chi connectivity index (χ2n) is 9.56. The van der Waals surface area contributed by atoms with Crippen LogP contribution in [0.2, 0.25) is 0 Å². The van der Waals surface area contributed by atoms with Crippen molar-refractivity contribution < 1.29 is 32.2 Å². The number of nitrogens with one attached hydrogen (secondary N) is 2. The van der Waals surface area contributed by atoms with Gasteiger partial charge in [-0.2, -0.15) is 13.2 Å². The Bertz CT molecular complexity index is 543. The van der Waals surface area contributed by atoms with Crippen molar-refractivity contribution in [2.24, 2.45) is 11.3 Å². The number of carbonyl (C=O) groups is 2. The molecule has 2 atom stereocenters. The SMILES string of the molecule is CC(C)[C@@H](NC(=O)COCCCCOC(C)(C)[C@@H](C)NC(=O)C(F)(F)F)C(C)(C)C. The molecule has 0 aliphatic heterocycles. The first-order valence-electron chi connectivity index (χ1n) is 10.4. The number of carbonyl (C=O) groups excluding carboxylic acids is 2. The maximum Gasteiger partial charge on any atom is 0.471 e. The zero-order valence-corrected chi connectivity index (χ0v) is 19.5.